The van der Waals surface area contributed by atoms with Gasteiger partial charge in [-0.2, -0.15) is 4.31 Å². The smallest absolute Gasteiger partial charge is 0.256 e. The summed E-state index contributed by atoms with van der Waals surface area (Å²) in [6.07, 6.45) is 3.54. The molecule has 0 aromatic heterocycles. The normalized spacial score (nSPS) is 18.8. The quantitative estimate of drug-likeness (QED) is 0.464. The highest BCUT2D eigenvalue weighted by atomic mass is 35.5. The van der Waals surface area contributed by atoms with Crippen LogP contribution in [-0.4, -0.2) is 36.6 Å². The summed E-state index contributed by atoms with van der Waals surface area (Å²) in [7, 11) is -3.52. The van der Waals surface area contributed by atoms with E-state index in [1.54, 1.807) is 33.5 Å². The average Bonchev–Trinajstić information content (AvgIpc) is 3.05. The predicted octanol–water partition coefficient (Wildman–Crippen LogP) is 5.67. The second-order valence-corrected chi connectivity index (χ2v) is 11.3. The molecule has 8 heteroatoms. The third-order valence-corrected chi connectivity index (χ3v) is 9.00. The molecule has 35 heavy (non-hydrogen) atoms. The van der Waals surface area contributed by atoms with E-state index in [0.717, 1.165) is 42.5 Å². The maximum absolute atomic E-state index is 13.3. The topological polar surface area (TPSA) is 69.7 Å². The van der Waals surface area contributed by atoms with Crippen LogP contribution >= 0.6 is 11.6 Å². The van der Waals surface area contributed by atoms with Gasteiger partial charge >= 0.3 is 0 Å². The number of benzene rings is 3. The van der Waals surface area contributed by atoms with Crippen LogP contribution in [0, 0.1) is 0 Å². The number of carbonyl (C=O) groups is 1. The van der Waals surface area contributed by atoms with Crippen LogP contribution in [0.5, 0.6) is 0 Å². The number of rotatable bonds is 6. The van der Waals surface area contributed by atoms with E-state index in [9.17, 15) is 13.2 Å². The number of nitrogens with zero attached hydrogens (tertiary/aromatic N) is 2. The van der Waals surface area contributed by atoms with E-state index >= 15 is 0 Å². The number of hydrogen-bond acceptors (Lipinski definition) is 4. The third kappa shape index (κ3) is 4.81. The zero-order chi connectivity index (χ0) is 24.4. The van der Waals surface area contributed by atoms with Gasteiger partial charge in [0.2, 0.25) is 10.0 Å². The molecular weight excluding hydrogens is 482 g/mol. The van der Waals surface area contributed by atoms with Gasteiger partial charge in [0.05, 0.1) is 4.90 Å². The van der Waals surface area contributed by atoms with Crippen molar-refractivity contribution in [3.05, 3.63) is 94.5 Å². The van der Waals surface area contributed by atoms with E-state index in [4.69, 9.17) is 11.6 Å². The van der Waals surface area contributed by atoms with Crippen LogP contribution in [0.1, 0.15) is 53.3 Å². The molecule has 0 aliphatic carbocycles. The van der Waals surface area contributed by atoms with Crippen LogP contribution in [0.4, 0.5) is 5.69 Å². The van der Waals surface area contributed by atoms with Crippen molar-refractivity contribution in [1.82, 2.24) is 9.21 Å². The number of nitrogens with one attached hydrogen (secondary N) is 1. The van der Waals surface area contributed by atoms with E-state index in [1.165, 1.54) is 0 Å². The van der Waals surface area contributed by atoms with E-state index in [1.807, 2.05) is 48.5 Å². The van der Waals surface area contributed by atoms with E-state index in [2.05, 4.69) is 5.32 Å². The predicted molar refractivity (Wildman–Crippen MR) is 138 cm³/mol. The van der Waals surface area contributed by atoms with Crippen molar-refractivity contribution in [1.29, 1.82) is 0 Å². The molecule has 2 heterocycles. The van der Waals surface area contributed by atoms with Crippen molar-refractivity contribution in [3.8, 4) is 0 Å². The molecule has 6 nitrogen and oxygen atoms in total. The standard InChI is InChI=1S/C27H28ClN3O3S/c28-25-12-6-3-9-20(25)19-31-26(23-10-4-5-11-24(23)27(31)32)29-21-13-15-22(16-14-21)35(33,34)30-17-7-1-2-8-18-30/h3-6,9-16,26,29H,1-2,7-8,17-19H2/t26-/m1/s1. The minimum absolute atomic E-state index is 0.0709. The number of fused-ring (bicyclic) bond motifs is 1. The van der Waals surface area contributed by atoms with E-state index in [-0.39, 0.29) is 5.91 Å². The molecule has 2 aliphatic heterocycles. The van der Waals surface area contributed by atoms with Crippen molar-refractivity contribution < 1.29 is 13.2 Å². The zero-order valence-corrected chi connectivity index (χ0v) is 20.9. The van der Waals surface area contributed by atoms with Gasteiger partial charge in [-0.3, -0.25) is 4.79 Å². The SMILES string of the molecule is O=C1c2ccccc2[C@H](Nc2ccc(S(=O)(=O)N3CCCCCC3)cc2)N1Cc1ccccc1Cl. The van der Waals surface area contributed by atoms with Crippen LogP contribution in [0.3, 0.4) is 0 Å². The molecule has 0 unspecified atom stereocenters. The van der Waals surface area contributed by atoms with Gasteiger partial charge in [-0.05, 0) is 54.8 Å². The van der Waals surface area contributed by atoms with Gasteiger partial charge in [-0.15, -0.1) is 0 Å². The van der Waals surface area contributed by atoms with Gasteiger partial charge in [0.1, 0.15) is 6.17 Å². The summed E-state index contributed by atoms with van der Waals surface area (Å²) in [6.45, 7) is 1.49. The fourth-order valence-electron chi connectivity index (χ4n) is 4.81. The van der Waals surface area contributed by atoms with Gasteiger partial charge < -0.3 is 10.2 Å². The number of halogens is 1. The number of sulfonamides is 1. The van der Waals surface area contributed by atoms with Gasteiger partial charge in [0.15, 0.2) is 0 Å². The second-order valence-electron chi connectivity index (χ2n) is 9.00. The Labute approximate surface area is 211 Å². The van der Waals surface area contributed by atoms with Crippen molar-refractivity contribution in [2.45, 2.75) is 43.3 Å². The molecule has 182 valence electrons. The Morgan fingerprint density at radius 1 is 0.857 bits per heavy atom. The first kappa shape index (κ1) is 23.9. The Morgan fingerprint density at radius 2 is 1.51 bits per heavy atom. The first-order valence-corrected chi connectivity index (χ1v) is 13.8. The molecule has 1 fully saturated rings. The first-order valence-electron chi connectivity index (χ1n) is 12.0. The zero-order valence-electron chi connectivity index (χ0n) is 19.4. The molecule has 0 spiro atoms. The van der Waals surface area contributed by atoms with Gasteiger partial charge in [-0.1, -0.05) is 60.8 Å². The minimum Gasteiger partial charge on any atom is -0.361 e. The Balaban J connectivity index is 1.40. The Morgan fingerprint density at radius 3 is 2.23 bits per heavy atom. The molecule has 1 saturated heterocycles. The molecule has 3 aromatic carbocycles. The van der Waals surface area contributed by atoms with E-state index in [0.29, 0.717) is 35.1 Å². The molecule has 0 radical (unpaired) electrons. The number of anilines is 1. The maximum atomic E-state index is 13.3. The number of hydrogen-bond donors (Lipinski definition) is 1. The lowest BCUT2D eigenvalue weighted by Crippen LogP contribution is -2.32. The Bertz CT molecular complexity index is 1320. The van der Waals surface area contributed by atoms with Crippen molar-refractivity contribution in [2.24, 2.45) is 0 Å². The first-order chi connectivity index (χ1) is 16.9. The fraction of sp³-hybridized carbons (Fsp3) is 0.296. The molecule has 0 bridgehead atoms. The van der Waals surface area contributed by atoms with Crippen LogP contribution in [0.15, 0.2) is 77.7 Å². The van der Waals surface area contributed by atoms with Crippen LogP contribution in [0.25, 0.3) is 0 Å². The summed E-state index contributed by atoms with van der Waals surface area (Å²) in [5.41, 5.74) is 3.13. The summed E-state index contributed by atoms with van der Waals surface area (Å²) in [6, 6.07) is 21.9. The van der Waals surface area contributed by atoms with Crippen LogP contribution in [-0.2, 0) is 16.6 Å². The lowest BCUT2D eigenvalue weighted by Gasteiger charge is -2.28. The summed E-state index contributed by atoms with van der Waals surface area (Å²) < 4.78 is 27.9. The van der Waals surface area contributed by atoms with Gasteiger partial charge in [-0.25, -0.2) is 8.42 Å². The highest BCUT2D eigenvalue weighted by Crippen LogP contribution is 2.36. The maximum Gasteiger partial charge on any atom is 0.256 e. The second kappa shape index (κ2) is 10.0. The summed E-state index contributed by atoms with van der Waals surface area (Å²) in [5.74, 6) is -0.0709. The Kier molecular flexibility index (Phi) is 6.82. The summed E-state index contributed by atoms with van der Waals surface area (Å²) in [4.78, 5) is 15.3. The highest BCUT2D eigenvalue weighted by Gasteiger charge is 2.36. The number of carbonyl (C=O) groups excluding carboxylic acids is 1. The molecule has 3 aromatic rings. The van der Waals surface area contributed by atoms with E-state index < -0.39 is 16.2 Å². The fourth-order valence-corrected chi connectivity index (χ4v) is 6.52. The molecule has 0 saturated carbocycles. The summed E-state index contributed by atoms with van der Waals surface area (Å²) in [5, 5.41) is 4.05. The lowest BCUT2D eigenvalue weighted by atomic mass is 10.1. The lowest BCUT2D eigenvalue weighted by molar-refractivity contribution is 0.0729. The largest absolute Gasteiger partial charge is 0.361 e. The molecule has 1 N–H and O–H groups in total. The molecular formula is C27H28ClN3O3S. The van der Waals surface area contributed by atoms with Gasteiger partial charge in [0.25, 0.3) is 5.91 Å². The van der Waals surface area contributed by atoms with Crippen molar-refractivity contribution in [3.63, 3.8) is 0 Å². The Hall–Kier alpha value is -2.87. The monoisotopic (exact) mass is 509 g/mol. The molecule has 5 rings (SSSR count). The van der Waals surface area contributed by atoms with Crippen molar-refractivity contribution >= 4 is 33.2 Å². The average molecular weight is 510 g/mol. The molecule has 1 atom stereocenters. The molecule has 1 amide bonds. The van der Waals surface area contributed by atoms with Crippen LogP contribution < -0.4 is 5.32 Å². The van der Waals surface area contributed by atoms with Crippen molar-refractivity contribution in [2.75, 3.05) is 18.4 Å². The van der Waals surface area contributed by atoms with Gasteiger partial charge in [0, 0.05) is 41.5 Å². The highest BCUT2D eigenvalue weighted by molar-refractivity contribution is 7.89. The van der Waals surface area contributed by atoms with Crippen LogP contribution in [0.2, 0.25) is 5.02 Å². The molecule has 2 aliphatic rings. The minimum atomic E-state index is -3.52. The number of amides is 1. The summed E-state index contributed by atoms with van der Waals surface area (Å²) >= 11 is 6.38. The third-order valence-electron chi connectivity index (χ3n) is 6.72.